The Hall–Kier alpha value is -3.02. The topological polar surface area (TPSA) is 76.5 Å². The molecule has 0 bridgehead atoms. The van der Waals surface area contributed by atoms with Crippen LogP contribution >= 0.6 is 11.6 Å². The molecule has 0 unspecified atom stereocenters. The molecule has 1 fully saturated rings. The number of aliphatic carboxylic acids is 1. The molecule has 1 atom stereocenters. The van der Waals surface area contributed by atoms with Crippen LogP contribution in [0, 0.1) is 13.8 Å². The average Bonchev–Trinajstić information content (AvgIpc) is 2.79. The van der Waals surface area contributed by atoms with E-state index in [-0.39, 0.29) is 12.2 Å². The SMILES string of the molecule is Cc1nc(C(=O)Cc2ccccc2)c(C)c(-c2ccc(Cl)cc2)c1[C@H](OC1(C)CCC1)C(=O)O. The molecule has 0 radical (unpaired) electrons. The smallest absolute Gasteiger partial charge is 0.337 e. The van der Waals surface area contributed by atoms with Crippen molar-refractivity contribution < 1.29 is 19.4 Å². The first-order chi connectivity index (χ1) is 16.2. The number of ketones is 1. The summed E-state index contributed by atoms with van der Waals surface area (Å²) in [5, 5.41) is 10.7. The second-order valence-electron chi connectivity index (χ2n) is 9.19. The maximum Gasteiger partial charge on any atom is 0.337 e. The van der Waals surface area contributed by atoms with Crippen LogP contribution in [-0.2, 0) is 16.0 Å². The Kier molecular flexibility index (Phi) is 6.87. The van der Waals surface area contributed by atoms with E-state index in [1.165, 1.54) is 0 Å². The molecule has 34 heavy (non-hydrogen) atoms. The van der Waals surface area contributed by atoms with Crippen LogP contribution < -0.4 is 0 Å². The van der Waals surface area contributed by atoms with E-state index >= 15 is 0 Å². The molecule has 5 nitrogen and oxygen atoms in total. The van der Waals surface area contributed by atoms with Crippen molar-refractivity contribution in [2.24, 2.45) is 0 Å². The zero-order valence-electron chi connectivity index (χ0n) is 19.6. The highest BCUT2D eigenvalue weighted by atomic mass is 35.5. The molecule has 0 saturated heterocycles. The molecule has 1 aliphatic carbocycles. The summed E-state index contributed by atoms with van der Waals surface area (Å²) < 4.78 is 6.19. The lowest BCUT2D eigenvalue weighted by molar-refractivity contribution is -0.174. The number of hydrogen-bond acceptors (Lipinski definition) is 4. The number of rotatable bonds is 8. The summed E-state index contributed by atoms with van der Waals surface area (Å²) in [6.45, 7) is 5.51. The molecule has 0 aliphatic heterocycles. The Balaban J connectivity index is 1.86. The van der Waals surface area contributed by atoms with Gasteiger partial charge in [0.1, 0.15) is 5.69 Å². The molecule has 1 aliphatic rings. The number of carbonyl (C=O) groups is 2. The number of aryl methyl sites for hydroxylation is 1. The molecule has 6 heteroatoms. The first-order valence-corrected chi connectivity index (χ1v) is 11.8. The number of pyridine rings is 1. The number of hydrogen-bond donors (Lipinski definition) is 1. The van der Waals surface area contributed by atoms with E-state index in [2.05, 4.69) is 4.98 Å². The minimum atomic E-state index is -1.19. The monoisotopic (exact) mass is 477 g/mol. The van der Waals surface area contributed by atoms with Gasteiger partial charge >= 0.3 is 5.97 Å². The molecule has 2 aromatic carbocycles. The Morgan fingerprint density at radius 3 is 2.29 bits per heavy atom. The van der Waals surface area contributed by atoms with Crippen LogP contribution in [0.5, 0.6) is 0 Å². The van der Waals surface area contributed by atoms with Crippen molar-refractivity contribution in [1.82, 2.24) is 4.98 Å². The second kappa shape index (κ2) is 9.69. The third-order valence-electron chi connectivity index (χ3n) is 6.57. The Bertz CT molecular complexity index is 1220. The molecule has 1 aromatic heterocycles. The van der Waals surface area contributed by atoms with Gasteiger partial charge in [-0.1, -0.05) is 54.1 Å². The number of benzene rings is 2. The standard InChI is InChI=1S/C28H28ClNO4/c1-17-23(20-10-12-21(29)13-11-20)24(26(27(32)33)34-28(3)14-7-15-28)18(2)30-25(17)22(31)16-19-8-5-4-6-9-19/h4-6,8-13,26H,7,14-16H2,1-3H3,(H,32,33)/t26-/m0/s1. The second-order valence-corrected chi connectivity index (χ2v) is 9.63. The van der Waals surface area contributed by atoms with Gasteiger partial charge in [0.05, 0.1) is 5.60 Å². The van der Waals surface area contributed by atoms with E-state index in [4.69, 9.17) is 16.3 Å². The quantitative estimate of drug-likeness (QED) is 0.373. The first kappa shape index (κ1) is 24.1. The van der Waals surface area contributed by atoms with Crippen LogP contribution in [0.25, 0.3) is 11.1 Å². The molecular formula is C28H28ClNO4. The van der Waals surface area contributed by atoms with Crippen LogP contribution in [0.15, 0.2) is 54.6 Å². The minimum Gasteiger partial charge on any atom is -0.479 e. The summed E-state index contributed by atoms with van der Waals surface area (Å²) in [7, 11) is 0. The Labute approximate surface area is 204 Å². The van der Waals surface area contributed by atoms with Gasteiger partial charge < -0.3 is 9.84 Å². The van der Waals surface area contributed by atoms with Crippen LogP contribution in [0.3, 0.4) is 0 Å². The lowest BCUT2D eigenvalue weighted by Gasteiger charge is -2.40. The summed E-state index contributed by atoms with van der Waals surface area (Å²) in [4.78, 5) is 30.4. The van der Waals surface area contributed by atoms with Gasteiger partial charge in [0, 0.05) is 22.7 Å². The van der Waals surface area contributed by atoms with Crippen molar-refractivity contribution in [2.75, 3.05) is 0 Å². The highest BCUT2D eigenvalue weighted by Crippen LogP contribution is 2.43. The lowest BCUT2D eigenvalue weighted by atomic mass is 9.81. The largest absolute Gasteiger partial charge is 0.479 e. The third kappa shape index (κ3) is 4.91. The summed E-state index contributed by atoms with van der Waals surface area (Å²) in [6, 6.07) is 16.7. The highest BCUT2D eigenvalue weighted by molar-refractivity contribution is 6.30. The van der Waals surface area contributed by atoms with Crippen molar-refractivity contribution in [3.8, 4) is 11.1 Å². The molecule has 4 rings (SSSR count). The van der Waals surface area contributed by atoms with Crippen LogP contribution in [0.1, 0.15) is 65.2 Å². The third-order valence-corrected chi connectivity index (χ3v) is 6.83. The fourth-order valence-corrected chi connectivity index (χ4v) is 4.69. The highest BCUT2D eigenvalue weighted by Gasteiger charge is 2.40. The Morgan fingerprint density at radius 2 is 1.74 bits per heavy atom. The van der Waals surface area contributed by atoms with E-state index in [0.717, 1.165) is 30.4 Å². The van der Waals surface area contributed by atoms with Crippen molar-refractivity contribution >= 4 is 23.4 Å². The molecule has 0 amide bonds. The fraction of sp³-hybridized carbons (Fsp3) is 0.321. The summed E-state index contributed by atoms with van der Waals surface area (Å²) >= 11 is 6.12. The zero-order chi connectivity index (χ0) is 24.5. The van der Waals surface area contributed by atoms with Gasteiger partial charge in [-0.2, -0.15) is 0 Å². The van der Waals surface area contributed by atoms with Crippen LogP contribution in [-0.4, -0.2) is 27.4 Å². The summed E-state index contributed by atoms with van der Waals surface area (Å²) in [5.41, 5.74) is 3.78. The number of carboxylic acids is 1. The van der Waals surface area contributed by atoms with E-state index in [1.807, 2.05) is 56.3 Å². The minimum absolute atomic E-state index is 0.118. The lowest BCUT2D eigenvalue weighted by Crippen LogP contribution is -2.40. The zero-order valence-corrected chi connectivity index (χ0v) is 20.4. The number of aromatic nitrogens is 1. The van der Waals surface area contributed by atoms with Gasteiger partial charge in [-0.05, 0) is 74.4 Å². The van der Waals surface area contributed by atoms with Crippen molar-refractivity contribution in [3.63, 3.8) is 0 Å². The molecule has 3 aromatic rings. The predicted octanol–water partition coefficient (Wildman–Crippen LogP) is 6.53. The summed E-state index contributed by atoms with van der Waals surface area (Å²) in [6.07, 6.45) is 1.65. The van der Waals surface area contributed by atoms with Crippen molar-refractivity contribution in [3.05, 3.63) is 87.7 Å². The van der Waals surface area contributed by atoms with Crippen molar-refractivity contribution in [2.45, 2.75) is 58.2 Å². The van der Waals surface area contributed by atoms with E-state index in [0.29, 0.717) is 33.1 Å². The normalized spacial score (nSPS) is 15.4. The van der Waals surface area contributed by atoms with E-state index < -0.39 is 17.7 Å². The number of halogens is 1. The number of carboxylic acid groups (broad SMARTS) is 1. The summed E-state index contributed by atoms with van der Waals surface area (Å²) in [5.74, 6) is -1.19. The number of carbonyl (C=O) groups excluding carboxylic acids is 1. The van der Waals surface area contributed by atoms with Gasteiger partial charge in [-0.15, -0.1) is 0 Å². The number of ether oxygens (including phenoxy) is 1. The first-order valence-electron chi connectivity index (χ1n) is 11.4. The average molecular weight is 478 g/mol. The van der Waals surface area contributed by atoms with Crippen LogP contribution in [0.2, 0.25) is 5.02 Å². The van der Waals surface area contributed by atoms with Gasteiger partial charge in [-0.3, -0.25) is 4.79 Å². The molecule has 0 spiro atoms. The number of Topliss-reactive ketones (excluding diaryl/α,β-unsaturated/α-hetero) is 1. The van der Waals surface area contributed by atoms with Crippen LogP contribution in [0.4, 0.5) is 0 Å². The molecule has 1 saturated carbocycles. The van der Waals surface area contributed by atoms with Gasteiger partial charge in [0.15, 0.2) is 11.9 Å². The molecular weight excluding hydrogens is 450 g/mol. The van der Waals surface area contributed by atoms with E-state index in [1.54, 1.807) is 19.1 Å². The Morgan fingerprint density at radius 1 is 1.09 bits per heavy atom. The van der Waals surface area contributed by atoms with Gasteiger partial charge in [0.2, 0.25) is 0 Å². The molecule has 1 heterocycles. The molecule has 1 N–H and O–H groups in total. The maximum atomic E-state index is 13.3. The maximum absolute atomic E-state index is 13.3. The van der Waals surface area contributed by atoms with Crippen molar-refractivity contribution in [1.29, 1.82) is 0 Å². The fourth-order valence-electron chi connectivity index (χ4n) is 4.57. The number of nitrogens with zero attached hydrogens (tertiary/aromatic N) is 1. The van der Waals surface area contributed by atoms with E-state index in [9.17, 15) is 14.7 Å². The van der Waals surface area contributed by atoms with Gasteiger partial charge in [-0.25, -0.2) is 9.78 Å². The molecule has 176 valence electrons. The predicted molar refractivity (Wildman–Crippen MR) is 132 cm³/mol. The van der Waals surface area contributed by atoms with Gasteiger partial charge in [0.25, 0.3) is 0 Å².